The number of fused-ring (bicyclic) bond motifs is 6. The van der Waals surface area contributed by atoms with E-state index in [2.05, 4.69) is 317 Å². The maximum Gasteiger partial charge on any atom is 0.183 e. The van der Waals surface area contributed by atoms with Crippen LogP contribution in [-0.2, 0) is 0 Å². The highest BCUT2D eigenvalue weighted by atomic mass is 35.5. The quantitative estimate of drug-likeness (QED) is 0.0809. The number of hydrogen-bond donors (Lipinski definition) is 1. The van der Waals surface area contributed by atoms with Gasteiger partial charge in [0.25, 0.3) is 0 Å². The van der Waals surface area contributed by atoms with E-state index in [1.807, 2.05) is 37.3 Å². The Morgan fingerprint density at radius 1 is 0.258 bits per heavy atom. The van der Waals surface area contributed by atoms with Gasteiger partial charge in [-0.15, -0.1) is 12.6 Å². The first-order valence-corrected chi connectivity index (χ1v) is 37.3. The summed E-state index contributed by atoms with van der Waals surface area (Å²) in [4.78, 5) is 3.35. The number of halogens is 3. The Kier molecular flexibility index (Phi) is 17.6. The van der Waals surface area contributed by atoms with Gasteiger partial charge in [0, 0.05) is 14.7 Å². The summed E-state index contributed by atoms with van der Waals surface area (Å²) in [5, 5.41) is 25.2. The molecule has 0 unspecified atom stereocenters. The van der Waals surface area contributed by atoms with Gasteiger partial charge in [-0.05, 0) is 155 Å². The Bertz CT molecular complexity index is 5020. The summed E-state index contributed by atoms with van der Waals surface area (Å²) in [7, 11) is -6.39. The lowest BCUT2D eigenvalue weighted by atomic mass is 10.1. The highest BCUT2D eigenvalue weighted by Gasteiger charge is 2.48. The van der Waals surface area contributed by atoms with Crippen molar-refractivity contribution in [2.24, 2.45) is 0 Å². The largest absolute Gasteiger partial charge is 0.205 e. The van der Waals surface area contributed by atoms with E-state index >= 15 is 4.39 Å². The molecule has 0 spiro atoms. The van der Waals surface area contributed by atoms with E-state index < -0.39 is 22.0 Å². The fraction of sp³-hybridized carbons (Fsp3) is 0.0233. The van der Waals surface area contributed by atoms with Gasteiger partial charge < -0.3 is 0 Å². The van der Waals surface area contributed by atoms with Crippen molar-refractivity contribution in [1.29, 1.82) is 0 Å². The van der Waals surface area contributed by atoms with Crippen molar-refractivity contribution in [1.82, 2.24) is 0 Å². The fourth-order valence-corrected chi connectivity index (χ4v) is 27.5. The standard InChI is InChI=1S/C43H31ClSSi.C36H24ClFSi.C7H8S/c1-30-14-2-9-24-37(30)45-38-25-13-29-42(43(38)44)46(39-26-10-18-31-15-3-6-21-34(31)39,40-27-11-19-32-16-4-7-22-35(32)40)41-28-12-20-33-17-5-8-23-36(33)41;37-36-31(38)20-10-24-35(36)39(32-21-7-14-25-11-1-4-17-28(25)32,33-22-8-15-26-12-2-5-18-29(26)33)34-23-9-16-27-13-3-6-19-30(27)34;1-6-4-2-3-5-7(6)8/h2-29H,1H3;1-24H;2-5,8H,1H3. The summed E-state index contributed by atoms with van der Waals surface area (Å²) >= 11 is 20.8. The minimum atomic E-state index is -3.24. The zero-order chi connectivity index (χ0) is 63.5. The molecular formula is C86H63Cl2FS2Si2. The molecule has 0 atom stereocenters. The van der Waals surface area contributed by atoms with E-state index in [4.69, 9.17) is 23.2 Å². The second-order valence-corrected chi connectivity index (χ2v) is 33.2. The third-order valence-corrected chi connectivity index (χ3v) is 31.2. The van der Waals surface area contributed by atoms with Gasteiger partial charge in [0.2, 0.25) is 0 Å². The minimum Gasteiger partial charge on any atom is -0.205 e. The fourth-order valence-electron chi connectivity index (χ4n) is 14.1. The van der Waals surface area contributed by atoms with Crippen LogP contribution in [0.25, 0.3) is 64.6 Å². The van der Waals surface area contributed by atoms with Crippen LogP contribution in [-0.4, -0.2) is 16.1 Å². The Morgan fingerprint density at radius 3 is 0.828 bits per heavy atom. The maximum absolute atomic E-state index is 15.5. The lowest BCUT2D eigenvalue weighted by Gasteiger charge is -2.38. The number of hydrogen-bond acceptors (Lipinski definition) is 2. The highest BCUT2D eigenvalue weighted by molar-refractivity contribution is 7.99. The molecule has 0 aliphatic rings. The molecule has 0 bridgehead atoms. The molecule has 0 radical (unpaired) electrons. The van der Waals surface area contributed by atoms with Crippen LogP contribution >= 0.6 is 47.6 Å². The predicted molar refractivity (Wildman–Crippen MR) is 409 cm³/mol. The van der Waals surface area contributed by atoms with Gasteiger partial charge in [0.05, 0.1) is 10.0 Å². The number of rotatable bonds is 10. The van der Waals surface area contributed by atoms with Gasteiger partial charge >= 0.3 is 0 Å². The molecule has 448 valence electrons. The van der Waals surface area contributed by atoms with Crippen LogP contribution < -0.4 is 41.5 Å². The molecule has 0 aliphatic heterocycles. The number of benzene rings is 16. The topological polar surface area (TPSA) is 0 Å². The molecule has 0 fully saturated rings. The van der Waals surface area contributed by atoms with Crippen molar-refractivity contribution in [2.75, 3.05) is 0 Å². The Morgan fingerprint density at radius 2 is 0.505 bits per heavy atom. The van der Waals surface area contributed by atoms with Crippen molar-refractivity contribution in [2.45, 2.75) is 28.5 Å². The van der Waals surface area contributed by atoms with E-state index in [1.165, 1.54) is 90.7 Å². The van der Waals surface area contributed by atoms with Crippen molar-refractivity contribution in [3.8, 4) is 0 Å². The summed E-state index contributed by atoms with van der Waals surface area (Å²) in [5.74, 6) is -0.397. The van der Waals surface area contributed by atoms with Crippen LogP contribution in [0.15, 0.2) is 354 Å². The SMILES string of the molecule is Cc1ccccc1S.Cc1ccccc1Sc1cccc([Si](c2cccc3ccccc23)(c2cccc3ccccc23)c2cccc3ccccc23)c1Cl.Fc1cccc([Si](c2cccc3ccccc23)(c2cccc3ccccc23)c2cccc3ccccc23)c1Cl. The Labute approximate surface area is 565 Å². The normalized spacial score (nSPS) is 11.6. The smallest absolute Gasteiger partial charge is 0.183 e. The predicted octanol–water partition coefficient (Wildman–Crippen LogP) is 19.2. The molecule has 0 aliphatic carbocycles. The second kappa shape index (κ2) is 26.7. The highest BCUT2D eigenvalue weighted by Crippen LogP contribution is 2.37. The maximum atomic E-state index is 15.5. The molecule has 0 saturated carbocycles. The van der Waals surface area contributed by atoms with Crippen molar-refractivity contribution in [3.05, 3.63) is 367 Å². The molecule has 0 aromatic heterocycles. The average molecular weight is 1310 g/mol. The molecule has 0 saturated heterocycles. The first-order valence-electron chi connectivity index (χ1n) is 31.3. The lowest BCUT2D eigenvalue weighted by molar-refractivity contribution is 0.629. The van der Waals surface area contributed by atoms with Crippen molar-refractivity contribution in [3.63, 3.8) is 0 Å². The van der Waals surface area contributed by atoms with Gasteiger partial charge in [-0.3, -0.25) is 0 Å². The van der Waals surface area contributed by atoms with E-state index in [0.717, 1.165) is 52.3 Å². The van der Waals surface area contributed by atoms with Crippen LogP contribution in [0.5, 0.6) is 0 Å². The van der Waals surface area contributed by atoms with Crippen LogP contribution in [0, 0.1) is 19.7 Å². The monoisotopic (exact) mass is 1300 g/mol. The summed E-state index contributed by atoms with van der Waals surface area (Å²) in [6.07, 6.45) is 0. The summed E-state index contributed by atoms with van der Waals surface area (Å²) in [5.41, 5.74) is 2.48. The first kappa shape index (κ1) is 61.2. The number of thiol groups is 1. The molecule has 93 heavy (non-hydrogen) atoms. The lowest BCUT2D eigenvalue weighted by Crippen LogP contribution is -2.75. The molecule has 16 aromatic rings. The molecule has 16 aromatic carbocycles. The Hall–Kier alpha value is -9.28. The summed E-state index contributed by atoms with van der Waals surface area (Å²) in [6.45, 7) is 4.21. The van der Waals surface area contributed by atoms with Crippen LogP contribution in [0.4, 0.5) is 4.39 Å². The third kappa shape index (κ3) is 11.3. The third-order valence-electron chi connectivity index (χ3n) is 18.3. The van der Waals surface area contributed by atoms with Gasteiger partial charge in [-0.2, -0.15) is 0 Å². The van der Waals surface area contributed by atoms with Gasteiger partial charge in [0.1, 0.15) is 5.82 Å². The molecular weight excluding hydrogens is 1240 g/mol. The minimum absolute atomic E-state index is 0.193. The molecule has 0 nitrogen and oxygen atoms in total. The number of aryl methyl sites for hydroxylation is 2. The van der Waals surface area contributed by atoms with Crippen LogP contribution in [0.3, 0.4) is 0 Å². The van der Waals surface area contributed by atoms with E-state index in [9.17, 15) is 0 Å². The van der Waals surface area contributed by atoms with Crippen LogP contribution in [0.2, 0.25) is 10.0 Å². The average Bonchev–Trinajstić information content (AvgIpc) is 0.717. The molecule has 0 amide bonds. The summed E-state index contributed by atoms with van der Waals surface area (Å²) < 4.78 is 15.5. The van der Waals surface area contributed by atoms with Gasteiger partial charge in [0.15, 0.2) is 16.1 Å². The molecule has 7 heteroatoms. The Balaban J connectivity index is 0.000000145. The van der Waals surface area contributed by atoms with Crippen molar-refractivity contribution >= 4 is 170 Å². The summed E-state index contributed by atoms with van der Waals surface area (Å²) in [6, 6.07) is 121. The first-order chi connectivity index (χ1) is 45.7. The van der Waals surface area contributed by atoms with E-state index in [0.29, 0.717) is 0 Å². The van der Waals surface area contributed by atoms with Gasteiger partial charge in [-0.25, -0.2) is 4.39 Å². The second-order valence-electron chi connectivity index (χ2n) is 23.5. The van der Waals surface area contributed by atoms with Gasteiger partial charge in [-0.1, -0.05) is 350 Å². The van der Waals surface area contributed by atoms with E-state index in [-0.39, 0.29) is 5.02 Å². The zero-order valence-electron chi connectivity index (χ0n) is 51.3. The van der Waals surface area contributed by atoms with E-state index in [1.54, 1.807) is 17.8 Å². The van der Waals surface area contributed by atoms with Crippen LogP contribution in [0.1, 0.15) is 11.1 Å². The van der Waals surface area contributed by atoms with Crippen molar-refractivity contribution < 1.29 is 4.39 Å². The molecule has 0 N–H and O–H groups in total. The zero-order valence-corrected chi connectivity index (χ0v) is 56.5. The molecule has 0 heterocycles. The molecule has 16 rings (SSSR count).